The Kier molecular flexibility index (Phi) is 17.0. The van der Waals surface area contributed by atoms with Crippen molar-refractivity contribution in [2.75, 3.05) is 13.2 Å². The van der Waals surface area contributed by atoms with E-state index in [-0.39, 0.29) is 0 Å². The first-order valence-corrected chi connectivity index (χ1v) is 7.06. The Hall–Kier alpha value is -0.590. The van der Waals surface area contributed by atoms with Crippen LogP contribution in [0.15, 0.2) is 0 Å². The summed E-state index contributed by atoms with van der Waals surface area (Å²) in [5.41, 5.74) is 5.40. The predicted octanol–water partition coefficient (Wildman–Crippen LogP) is 3.49. The molecule has 17 heavy (non-hydrogen) atoms. The molecule has 0 aliphatic heterocycles. The first kappa shape index (κ1) is 18.8. The standard InChI is InChI=1S/C10H18N2O.2C2H6/c11-6-10(12)8-13-7-9-4-2-1-3-5-9;2*1-2/h9-10H,1-5,7-8,12H2;2*1-2H3. The minimum absolute atomic E-state index is 0.382. The fourth-order valence-corrected chi connectivity index (χ4v) is 1.75. The smallest absolute Gasteiger partial charge is 0.116 e. The lowest BCUT2D eigenvalue weighted by atomic mass is 9.90. The zero-order valence-corrected chi connectivity index (χ0v) is 12.0. The molecule has 0 spiro atoms. The van der Waals surface area contributed by atoms with Gasteiger partial charge in [-0.05, 0) is 18.8 Å². The summed E-state index contributed by atoms with van der Waals surface area (Å²) in [6.07, 6.45) is 6.59. The van der Waals surface area contributed by atoms with Crippen LogP contribution in [-0.2, 0) is 4.74 Å². The normalized spacial score (nSPS) is 16.7. The Morgan fingerprint density at radius 3 is 2.18 bits per heavy atom. The van der Waals surface area contributed by atoms with Crippen molar-refractivity contribution in [3.8, 4) is 6.07 Å². The molecule has 0 heterocycles. The molecule has 2 N–H and O–H groups in total. The predicted molar refractivity (Wildman–Crippen MR) is 73.7 cm³/mol. The second kappa shape index (κ2) is 15.4. The number of rotatable bonds is 4. The van der Waals surface area contributed by atoms with Crippen LogP contribution in [0.1, 0.15) is 59.8 Å². The zero-order valence-electron chi connectivity index (χ0n) is 12.0. The van der Waals surface area contributed by atoms with Crippen LogP contribution in [0.5, 0.6) is 0 Å². The van der Waals surface area contributed by atoms with Crippen LogP contribution in [0.25, 0.3) is 0 Å². The van der Waals surface area contributed by atoms with Crippen molar-refractivity contribution in [1.29, 1.82) is 5.26 Å². The van der Waals surface area contributed by atoms with Gasteiger partial charge in [0.1, 0.15) is 6.04 Å². The van der Waals surface area contributed by atoms with Crippen molar-refractivity contribution in [2.45, 2.75) is 65.8 Å². The summed E-state index contributed by atoms with van der Waals surface area (Å²) in [5, 5.41) is 8.42. The van der Waals surface area contributed by atoms with E-state index >= 15 is 0 Å². The molecule has 0 aromatic rings. The van der Waals surface area contributed by atoms with Gasteiger partial charge in [-0.15, -0.1) is 0 Å². The van der Waals surface area contributed by atoms with Crippen molar-refractivity contribution in [2.24, 2.45) is 11.7 Å². The second-order valence-electron chi connectivity index (χ2n) is 3.78. The molecule has 0 radical (unpaired) electrons. The van der Waals surface area contributed by atoms with Gasteiger partial charge < -0.3 is 10.5 Å². The molecule has 1 aliphatic carbocycles. The Balaban J connectivity index is 0. The van der Waals surface area contributed by atoms with E-state index in [1.165, 1.54) is 32.1 Å². The quantitative estimate of drug-likeness (QED) is 0.821. The van der Waals surface area contributed by atoms with E-state index in [0.29, 0.717) is 12.5 Å². The number of ether oxygens (including phenoxy) is 1. The van der Waals surface area contributed by atoms with Crippen LogP contribution < -0.4 is 5.73 Å². The molecule has 1 rings (SSSR count). The molecule has 0 aromatic heterocycles. The van der Waals surface area contributed by atoms with Gasteiger partial charge in [-0.1, -0.05) is 47.0 Å². The van der Waals surface area contributed by atoms with Crippen LogP contribution in [0.4, 0.5) is 0 Å². The maximum Gasteiger partial charge on any atom is 0.116 e. The highest BCUT2D eigenvalue weighted by atomic mass is 16.5. The fourth-order valence-electron chi connectivity index (χ4n) is 1.75. The number of hydrogen-bond acceptors (Lipinski definition) is 3. The Morgan fingerprint density at radius 2 is 1.71 bits per heavy atom. The van der Waals surface area contributed by atoms with Crippen LogP contribution >= 0.6 is 0 Å². The third kappa shape index (κ3) is 11.7. The van der Waals surface area contributed by atoms with Gasteiger partial charge in [0.2, 0.25) is 0 Å². The highest BCUT2D eigenvalue weighted by Crippen LogP contribution is 2.23. The fraction of sp³-hybridized carbons (Fsp3) is 0.929. The first-order chi connectivity index (χ1) is 8.33. The molecule has 1 aliphatic rings. The molecule has 0 bridgehead atoms. The maximum absolute atomic E-state index is 8.42. The van der Waals surface area contributed by atoms with E-state index in [1.54, 1.807) is 0 Å². The summed E-state index contributed by atoms with van der Waals surface area (Å²) >= 11 is 0. The molecule has 102 valence electrons. The topological polar surface area (TPSA) is 59.0 Å². The highest BCUT2D eigenvalue weighted by molar-refractivity contribution is 4.85. The second-order valence-corrected chi connectivity index (χ2v) is 3.78. The van der Waals surface area contributed by atoms with Gasteiger partial charge in [0, 0.05) is 6.61 Å². The monoisotopic (exact) mass is 242 g/mol. The summed E-state index contributed by atoms with van der Waals surface area (Å²) in [7, 11) is 0. The van der Waals surface area contributed by atoms with Gasteiger partial charge in [0.25, 0.3) is 0 Å². The molecule has 0 amide bonds. The summed E-state index contributed by atoms with van der Waals surface area (Å²) in [6.45, 7) is 9.17. The van der Waals surface area contributed by atoms with Crippen molar-refractivity contribution in [1.82, 2.24) is 0 Å². The van der Waals surface area contributed by atoms with E-state index in [0.717, 1.165) is 6.61 Å². The summed E-state index contributed by atoms with van der Waals surface area (Å²) in [4.78, 5) is 0. The van der Waals surface area contributed by atoms with E-state index < -0.39 is 6.04 Å². The van der Waals surface area contributed by atoms with Gasteiger partial charge in [0.15, 0.2) is 0 Å². The SMILES string of the molecule is CC.CC.N#CC(N)COCC1CCCCC1. The lowest BCUT2D eigenvalue weighted by Gasteiger charge is -2.21. The Morgan fingerprint density at radius 1 is 1.18 bits per heavy atom. The molecule has 3 heteroatoms. The molecule has 0 aromatic carbocycles. The third-order valence-electron chi connectivity index (χ3n) is 2.54. The molecule has 0 saturated heterocycles. The van der Waals surface area contributed by atoms with E-state index in [4.69, 9.17) is 15.7 Å². The Labute approximate surface area is 107 Å². The van der Waals surface area contributed by atoms with Gasteiger partial charge in [-0.2, -0.15) is 5.26 Å². The van der Waals surface area contributed by atoms with Gasteiger partial charge in [-0.25, -0.2) is 0 Å². The molecule has 1 unspecified atom stereocenters. The van der Waals surface area contributed by atoms with E-state index in [1.807, 2.05) is 33.8 Å². The molecular formula is C14H30N2O. The van der Waals surface area contributed by atoms with Crippen molar-refractivity contribution in [3.05, 3.63) is 0 Å². The van der Waals surface area contributed by atoms with Crippen LogP contribution in [0, 0.1) is 17.2 Å². The van der Waals surface area contributed by atoms with Gasteiger partial charge in [-0.3, -0.25) is 0 Å². The zero-order chi connectivity index (χ0) is 13.5. The summed E-state index contributed by atoms with van der Waals surface area (Å²) < 4.78 is 5.38. The summed E-state index contributed by atoms with van der Waals surface area (Å²) in [5.74, 6) is 0.708. The van der Waals surface area contributed by atoms with E-state index in [9.17, 15) is 0 Å². The lowest BCUT2D eigenvalue weighted by molar-refractivity contribution is 0.0830. The van der Waals surface area contributed by atoms with E-state index in [2.05, 4.69) is 0 Å². The van der Waals surface area contributed by atoms with Crippen LogP contribution in [0.3, 0.4) is 0 Å². The number of nitrogens with zero attached hydrogens (tertiary/aromatic N) is 1. The van der Waals surface area contributed by atoms with Crippen LogP contribution in [-0.4, -0.2) is 19.3 Å². The minimum atomic E-state index is -0.455. The van der Waals surface area contributed by atoms with Gasteiger partial charge >= 0.3 is 0 Å². The largest absolute Gasteiger partial charge is 0.378 e. The molecular weight excluding hydrogens is 212 g/mol. The van der Waals surface area contributed by atoms with Crippen molar-refractivity contribution in [3.63, 3.8) is 0 Å². The number of hydrogen-bond donors (Lipinski definition) is 1. The molecule has 3 nitrogen and oxygen atoms in total. The number of nitrogens with two attached hydrogens (primary N) is 1. The molecule has 1 saturated carbocycles. The number of nitriles is 1. The lowest BCUT2D eigenvalue weighted by Crippen LogP contribution is -2.26. The molecule has 1 fully saturated rings. The Bertz CT molecular complexity index is 172. The van der Waals surface area contributed by atoms with Crippen molar-refractivity contribution < 1.29 is 4.74 Å². The average Bonchev–Trinajstić information content (AvgIpc) is 2.44. The minimum Gasteiger partial charge on any atom is -0.378 e. The highest BCUT2D eigenvalue weighted by Gasteiger charge is 2.13. The third-order valence-corrected chi connectivity index (χ3v) is 2.54. The molecule has 1 atom stereocenters. The maximum atomic E-state index is 8.42. The van der Waals surface area contributed by atoms with Crippen molar-refractivity contribution >= 4 is 0 Å². The average molecular weight is 242 g/mol. The van der Waals surface area contributed by atoms with Crippen LogP contribution in [0.2, 0.25) is 0 Å². The van der Waals surface area contributed by atoms with Gasteiger partial charge in [0.05, 0.1) is 12.7 Å². The first-order valence-electron chi connectivity index (χ1n) is 7.06. The summed E-state index contributed by atoms with van der Waals surface area (Å²) in [6, 6.07) is 1.50.